The summed E-state index contributed by atoms with van der Waals surface area (Å²) in [7, 11) is 6.16. The van der Waals surface area contributed by atoms with Gasteiger partial charge in [-0.25, -0.2) is 0 Å². The summed E-state index contributed by atoms with van der Waals surface area (Å²) in [6.07, 6.45) is 13.9. The molecule has 0 aliphatic carbocycles. The van der Waals surface area contributed by atoms with Gasteiger partial charge in [-0.05, 0) is 6.42 Å². The van der Waals surface area contributed by atoms with E-state index in [0.717, 1.165) is 16.9 Å². The fraction of sp³-hybridized carbons (Fsp3) is 1.00. The summed E-state index contributed by atoms with van der Waals surface area (Å²) < 4.78 is 0.844. The lowest BCUT2D eigenvalue weighted by Gasteiger charge is -2.21. The first-order valence-electron chi connectivity index (χ1n) is 8.45. The summed E-state index contributed by atoms with van der Waals surface area (Å²) in [4.78, 5) is 0. The van der Waals surface area contributed by atoms with Crippen LogP contribution < -0.4 is 0 Å². The van der Waals surface area contributed by atoms with Gasteiger partial charge in [0.25, 0.3) is 0 Å². The molecule has 0 fully saturated rings. The van der Waals surface area contributed by atoms with Crippen LogP contribution in [0.25, 0.3) is 0 Å². The van der Waals surface area contributed by atoms with E-state index in [9.17, 15) is 0 Å². The molecule has 1 N–H and O–H groups in total. The lowest BCUT2D eigenvalue weighted by atomic mass is 10.1. The topological polar surface area (TPSA) is 20.2 Å². The summed E-state index contributed by atoms with van der Waals surface area (Å²) >= 11 is 5.60. The molecule has 0 radical (unpaired) electrons. The first-order valence-corrected chi connectivity index (χ1v) is 8.98. The van der Waals surface area contributed by atoms with E-state index >= 15 is 0 Å². The van der Waals surface area contributed by atoms with E-state index < -0.39 is 0 Å². The van der Waals surface area contributed by atoms with Crippen molar-refractivity contribution < 1.29 is 9.59 Å². The number of aliphatic hydroxyl groups is 1. The van der Waals surface area contributed by atoms with Crippen molar-refractivity contribution in [1.29, 1.82) is 0 Å². The normalized spacial score (nSPS) is 11.1. The highest BCUT2D eigenvalue weighted by Crippen LogP contribution is 2.10. The third-order valence-electron chi connectivity index (χ3n) is 3.26. The molecule has 0 aromatic heterocycles. The number of rotatable bonds is 12. The molecule has 0 aliphatic heterocycles. The van der Waals surface area contributed by atoms with Gasteiger partial charge in [0.05, 0.1) is 27.7 Å². The van der Waals surface area contributed by atoms with E-state index in [4.69, 9.17) is 16.7 Å². The van der Waals surface area contributed by atoms with Crippen molar-refractivity contribution in [2.24, 2.45) is 0 Å². The van der Waals surface area contributed by atoms with Crippen molar-refractivity contribution in [3.05, 3.63) is 0 Å². The minimum atomic E-state index is 0.281. The van der Waals surface area contributed by atoms with Crippen LogP contribution in [-0.4, -0.2) is 49.8 Å². The van der Waals surface area contributed by atoms with E-state index in [-0.39, 0.29) is 6.61 Å². The molecule has 0 aromatic rings. The SMILES string of the molecule is CCCCCCCCCCCCCl.C[N+](C)(C)CCO. The second-order valence-corrected chi connectivity index (χ2v) is 6.99. The third-order valence-corrected chi connectivity index (χ3v) is 3.53. The second kappa shape index (κ2) is 17.3. The average molecular weight is 309 g/mol. The van der Waals surface area contributed by atoms with Crippen molar-refractivity contribution >= 4 is 11.6 Å². The molecule has 0 saturated heterocycles. The number of alkyl halides is 1. The van der Waals surface area contributed by atoms with E-state index in [1.807, 2.05) is 0 Å². The zero-order valence-electron chi connectivity index (χ0n) is 14.5. The van der Waals surface area contributed by atoms with Gasteiger partial charge in [-0.2, -0.15) is 0 Å². The lowest BCUT2D eigenvalue weighted by Crippen LogP contribution is -2.36. The quantitative estimate of drug-likeness (QED) is 0.311. The van der Waals surface area contributed by atoms with Crippen LogP contribution in [0.2, 0.25) is 0 Å². The summed E-state index contributed by atoms with van der Waals surface area (Å²) in [6, 6.07) is 0. The Bertz CT molecular complexity index is 159. The Kier molecular flexibility index (Phi) is 19.4. The molecular weight excluding hydrogens is 270 g/mol. The Morgan fingerprint density at radius 1 is 0.750 bits per heavy atom. The maximum absolute atomic E-state index is 8.39. The standard InChI is InChI=1S/C12H25Cl.C5H14NO/c1-2-3-4-5-6-7-8-9-10-11-12-13;1-6(2,3)4-5-7/h2-12H2,1H3;7H,4-5H2,1-3H3/q;+1. The van der Waals surface area contributed by atoms with Gasteiger partial charge in [0.2, 0.25) is 0 Å². The number of hydrogen-bond donors (Lipinski definition) is 1. The first kappa shape index (κ1) is 22.5. The van der Waals surface area contributed by atoms with Gasteiger partial charge < -0.3 is 9.59 Å². The minimum Gasteiger partial charge on any atom is -0.391 e. The zero-order chi connectivity index (χ0) is 15.7. The van der Waals surface area contributed by atoms with Crippen LogP contribution in [0.15, 0.2) is 0 Å². The zero-order valence-corrected chi connectivity index (χ0v) is 15.2. The maximum Gasteiger partial charge on any atom is 0.101 e. The van der Waals surface area contributed by atoms with E-state index in [1.54, 1.807) is 0 Å². The number of quaternary nitrogens is 1. The van der Waals surface area contributed by atoms with E-state index in [1.165, 1.54) is 64.2 Å². The van der Waals surface area contributed by atoms with E-state index in [2.05, 4.69) is 28.1 Å². The van der Waals surface area contributed by atoms with Crippen molar-refractivity contribution in [3.63, 3.8) is 0 Å². The summed E-state index contributed by atoms with van der Waals surface area (Å²) in [5, 5.41) is 8.39. The Hall–Kier alpha value is 0.210. The Labute approximate surface area is 133 Å². The molecule has 0 unspecified atom stereocenters. The first-order chi connectivity index (χ1) is 9.47. The second-order valence-electron chi connectivity index (χ2n) is 6.61. The molecule has 20 heavy (non-hydrogen) atoms. The summed E-state index contributed by atoms with van der Waals surface area (Å²) in [6.45, 7) is 3.38. The molecule has 124 valence electrons. The minimum absolute atomic E-state index is 0.281. The average Bonchev–Trinajstić information content (AvgIpc) is 2.36. The summed E-state index contributed by atoms with van der Waals surface area (Å²) in [5.41, 5.74) is 0. The molecule has 0 aliphatic rings. The molecule has 0 saturated carbocycles. The number of hydrogen-bond acceptors (Lipinski definition) is 1. The van der Waals surface area contributed by atoms with E-state index in [0.29, 0.717) is 0 Å². The van der Waals surface area contributed by atoms with Crippen LogP contribution in [0.5, 0.6) is 0 Å². The van der Waals surface area contributed by atoms with Crippen LogP contribution in [0.1, 0.15) is 71.1 Å². The van der Waals surface area contributed by atoms with Gasteiger partial charge in [0.1, 0.15) is 6.54 Å². The fourth-order valence-corrected chi connectivity index (χ4v) is 2.07. The number of likely N-dealkylation sites (N-methyl/N-ethyl adjacent to an activating group) is 1. The third kappa shape index (κ3) is 26.7. The highest BCUT2D eigenvalue weighted by molar-refractivity contribution is 6.17. The smallest absolute Gasteiger partial charge is 0.101 e. The number of halogens is 1. The molecule has 0 atom stereocenters. The van der Waals surface area contributed by atoms with Crippen LogP contribution in [0.4, 0.5) is 0 Å². The van der Waals surface area contributed by atoms with Crippen LogP contribution in [0.3, 0.4) is 0 Å². The molecule has 0 bridgehead atoms. The monoisotopic (exact) mass is 308 g/mol. The van der Waals surface area contributed by atoms with Gasteiger partial charge in [0, 0.05) is 5.88 Å². The molecule has 2 nitrogen and oxygen atoms in total. The summed E-state index contributed by atoms with van der Waals surface area (Å²) in [5.74, 6) is 0.844. The van der Waals surface area contributed by atoms with Gasteiger partial charge in [-0.1, -0.05) is 64.7 Å². The number of nitrogens with zero attached hydrogens (tertiary/aromatic N) is 1. The van der Waals surface area contributed by atoms with Crippen molar-refractivity contribution in [3.8, 4) is 0 Å². The van der Waals surface area contributed by atoms with Crippen LogP contribution >= 0.6 is 11.6 Å². The molecule has 0 rings (SSSR count). The molecule has 0 aromatic carbocycles. The van der Waals surface area contributed by atoms with Crippen molar-refractivity contribution in [2.45, 2.75) is 71.1 Å². The highest BCUT2D eigenvalue weighted by Gasteiger charge is 2.02. The molecule has 0 amide bonds. The lowest BCUT2D eigenvalue weighted by molar-refractivity contribution is -0.870. The predicted molar refractivity (Wildman–Crippen MR) is 92.5 cm³/mol. The maximum atomic E-state index is 8.39. The number of unbranched alkanes of at least 4 members (excludes halogenated alkanes) is 9. The molecular formula is C17H39ClNO+. The van der Waals surface area contributed by atoms with Crippen molar-refractivity contribution in [1.82, 2.24) is 0 Å². The molecule has 3 heteroatoms. The van der Waals surface area contributed by atoms with Crippen LogP contribution in [-0.2, 0) is 0 Å². The van der Waals surface area contributed by atoms with Gasteiger partial charge in [-0.15, -0.1) is 11.6 Å². The predicted octanol–water partition coefficient (Wildman–Crippen LogP) is 4.83. The Balaban J connectivity index is 0. The van der Waals surface area contributed by atoms with Gasteiger partial charge in [-0.3, -0.25) is 0 Å². The van der Waals surface area contributed by atoms with Gasteiger partial charge in [0.15, 0.2) is 0 Å². The fourth-order valence-electron chi connectivity index (χ4n) is 1.88. The van der Waals surface area contributed by atoms with Crippen LogP contribution in [0, 0.1) is 0 Å². The number of aliphatic hydroxyl groups excluding tert-OH is 1. The van der Waals surface area contributed by atoms with Crippen molar-refractivity contribution in [2.75, 3.05) is 40.2 Å². The Morgan fingerprint density at radius 2 is 1.15 bits per heavy atom. The molecule has 0 spiro atoms. The van der Waals surface area contributed by atoms with Gasteiger partial charge >= 0.3 is 0 Å². The molecule has 0 heterocycles. The Morgan fingerprint density at radius 3 is 1.40 bits per heavy atom. The highest BCUT2D eigenvalue weighted by atomic mass is 35.5. The largest absolute Gasteiger partial charge is 0.391 e.